The number of nitrogens with zero attached hydrogens (tertiary/aromatic N) is 2. The highest BCUT2D eigenvalue weighted by Crippen LogP contribution is 2.51. The van der Waals surface area contributed by atoms with Gasteiger partial charge in [0.1, 0.15) is 5.75 Å². The van der Waals surface area contributed by atoms with Crippen LogP contribution >= 0.6 is 0 Å². The molecule has 2 N–H and O–H groups in total. The highest BCUT2D eigenvalue weighted by molar-refractivity contribution is 5.73. The van der Waals surface area contributed by atoms with Gasteiger partial charge in [-0.05, 0) is 49.4 Å². The van der Waals surface area contributed by atoms with Gasteiger partial charge in [-0.3, -0.25) is 10.3 Å². The second kappa shape index (κ2) is 6.21. The zero-order valence-corrected chi connectivity index (χ0v) is 15.3. The molecule has 0 spiro atoms. The van der Waals surface area contributed by atoms with E-state index in [-0.39, 0.29) is 5.41 Å². The second-order valence-corrected chi connectivity index (χ2v) is 7.32. The smallest absolute Gasteiger partial charge is 0.409 e. The minimum atomic E-state index is -0.537. The molecule has 0 aromatic heterocycles. The van der Waals surface area contributed by atoms with Gasteiger partial charge >= 0.3 is 6.09 Å². The molecule has 26 heavy (non-hydrogen) atoms. The molecule has 2 aliphatic rings. The monoisotopic (exact) mass is 352 g/mol. The van der Waals surface area contributed by atoms with Crippen molar-refractivity contribution in [1.29, 1.82) is 0 Å². The van der Waals surface area contributed by atoms with Crippen LogP contribution in [0.15, 0.2) is 48.5 Å². The Morgan fingerprint density at radius 2 is 1.96 bits per heavy atom. The molecule has 1 unspecified atom stereocenters. The molecule has 2 aromatic rings. The maximum atomic E-state index is 12.1. The summed E-state index contributed by atoms with van der Waals surface area (Å²) in [4.78, 5) is 16.8. The summed E-state index contributed by atoms with van der Waals surface area (Å²) in [7, 11) is 4.30. The van der Waals surface area contributed by atoms with E-state index in [2.05, 4.69) is 41.7 Å². The van der Waals surface area contributed by atoms with Crippen molar-refractivity contribution in [3.05, 3.63) is 54.1 Å². The van der Waals surface area contributed by atoms with Gasteiger partial charge in [0.25, 0.3) is 0 Å². The van der Waals surface area contributed by atoms with E-state index in [0.29, 0.717) is 11.9 Å². The van der Waals surface area contributed by atoms with Crippen molar-refractivity contribution in [3.63, 3.8) is 0 Å². The van der Waals surface area contributed by atoms with Crippen LogP contribution in [0.3, 0.4) is 0 Å². The lowest BCUT2D eigenvalue weighted by Crippen LogP contribution is -2.45. The molecule has 0 aliphatic carbocycles. The second-order valence-electron chi connectivity index (χ2n) is 7.32. The van der Waals surface area contributed by atoms with Gasteiger partial charge in [-0.2, -0.15) is 0 Å². The summed E-state index contributed by atoms with van der Waals surface area (Å²) in [5.74, 6) is 0.556. The predicted octanol–water partition coefficient (Wildman–Crippen LogP) is 3.17. The molecule has 2 heterocycles. The van der Waals surface area contributed by atoms with Crippen molar-refractivity contribution in [2.24, 2.45) is 0 Å². The number of hydrazine groups is 1. The van der Waals surface area contributed by atoms with Gasteiger partial charge in [0.15, 0.2) is 0 Å². The fraction of sp³-hybridized carbons (Fsp3) is 0.350. The van der Waals surface area contributed by atoms with Crippen molar-refractivity contribution in [1.82, 2.24) is 10.3 Å². The number of fused-ring (bicyclic) bond motifs is 3. The molecule has 0 bridgehead atoms. The quantitative estimate of drug-likeness (QED) is 0.831. The van der Waals surface area contributed by atoms with Gasteiger partial charge in [-0.1, -0.05) is 25.1 Å². The Morgan fingerprint density at radius 1 is 1.19 bits per heavy atom. The molecule has 2 aliphatic heterocycles. The number of ether oxygens (including phenoxy) is 1. The standard InChI is InChI=1S/C20H24N4O2/c1-20-11-12-23(2)18(20)24(3)17-10-9-15(13-16(17)20)26-19(25)22-21-14-7-5-4-6-8-14/h4-10,13,18,21H,11-12H2,1-3H3,(H,22,25)/t18?,20-/m0/s1. The molecule has 0 saturated carbocycles. The van der Waals surface area contributed by atoms with E-state index >= 15 is 0 Å². The molecule has 1 amide bonds. The number of hydrogen-bond donors (Lipinski definition) is 2. The number of carbonyl (C=O) groups excluding carboxylic acids is 1. The molecule has 2 aromatic carbocycles. The number of hydrogen-bond acceptors (Lipinski definition) is 5. The van der Waals surface area contributed by atoms with E-state index < -0.39 is 6.09 Å². The molecule has 1 saturated heterocycles. The summed E-state index contributed by atoms with van der Waals surface area (Å²) in [5.41, 5.74) is 8.69. The average Bonchev–Trinajstić information content (AvgIpc) is 3.06. The number of carbonyl (C=O) groups is 1. The third kappa shape index (κ3) is 2.66. The lowest BCUT2D eigenvalue weighted by Gasteiger charge is -2.32. The number of likely N-dealkylation sites (tertiary alicyclic amines) is 1. The first-order valence-electron chi connectivity index (χ1n) is 8.85. The number of anilines is 2. The Kier molecular flexibility index (Phi) is 4.00. The Balaban J connectivity index is 1.48. The van der Waals surface area contributed by atoms with E-state index in [4.69, 9.17) is 4.74 Å². The summed E-state index contributed by atoms with van der Waals surface area (Å²) in [6, 6.07) is 15.3. The maximum Gasteiger partial charge on any atom is 0.431 e. The molecule has 136 valence electrons. The first kappa shape index (κ1) is 16.7. The molecule has 1 fully saturated rings. The third-order valence-corrected chi connectivity index (χ3v) is 5.59. The fourth-order valence-corrected chi connectivity index (χ4v) is 4.40. The van der Waals surface area contributed by atoms with Crippen molar-refractivity contribution >= 4 is 17.5 Å². The zero-order valence-electron chi connectivity index (χ0n) is 15.3. The van der Waals surface area contributed by atoms with Gasteiger partial charge in [-0.25, -0.2) is 10.2 Å². The highest BCUT2D eigenvalue weighted by atomic mass is 16.6. The van der Waals surface area contributed by atoms with Crippen LogP contribution in [0.2, 0.25) is 0 Å². The van der Waals surface area contributed by atoms with Crippen LogP contribution in [0, 0.1) is 0 Å². The van der Waals surface area contributed by atoms with Gasteiger partial charge in [0, 0.05) is 24.7 Å². The van der Waals surface area contributed by atoms with Gasteiger partial charge < -0.3 is 9.64 Å². The molecular formula is C20H24N4O2. The van der Waals surface area contributed by atoms with E-state index in [1.807, 2.05) is 48.5 Å². The highest BCUT2D eigenvalue weighted by Gasteiger charge is 2.52. The van der Waals surface area contributed by atoms with Gasteiger partial charge in [-0.15, -0.1) is 0 Å². The number of benzene rings is 2. The van der Waals surface area contributed by atoms with Crippen molar-refractivity contribution in [3.8, 4) is 5.75 Å². The van der Waals surface area contributed by atoms with Crippen LogP contribution in [-0.2, 0) is 5.41 Å². The van der Waals surface area contributed by atoms with Crippen LogP contribution in [-0.4, -0.2) is 37.8 Å². The maximum absolute atomic E-state index is 12.1. The van der Waals surface area contributed by atoms with E-state index in [0.717, 1.165) is 18.7 Å². The number of nitrogens with one attached hydrogen (secondary N) is 2. The van der Waals surface area contributed by atoms with Crippen LogP contribution in [0.25, 0.3) is 0 Å². The molecule has 0 radical (unpaired) electrons. The third-order valence-electron chi connectivity index (χ3n) is 5.59. The molecular weight excluding hydrogens is 328 g/mol. The summed E-state index contributed by atoms with van der Waals surface area (Å²) in [5, 5.41) is 0. The van der Waals surface area contributed by atoms with Crippen LogP contribution in [0.1, 0.15) is 18.9 Å². The SMILES string of the molecule is CN1CC[C@@]2(C)c3cc(OC(=O)NNc4ccccc4)ccc3N(C)C12. The topological polar surface area (TPSA) is 56.8 Å². The Morgan fingerprint density at radius 3 is 2.73 bits per heavy atom. The van der Waals surface area contributed by atoms with Crippen LogP contribution < -0.4 is 20.5 Å². The average molecular weight is 352 g/mol. The first-order chi connectivity index (χ1) is 12.5. The lowest BCUT2D eigenvalue weighted by atomic mass is 9.81. The minimum Gasteiger partial charge on any atom is -0.409 e. The van der Waals surface area contributed by atoms with Gasteiger partial charge in [0.05, 0.1) is 11.9 Å². The summed E-state index contributed by atoms with van der Waals surface area (Å²) < 4.78 is 5.47. The molecule has 4 rings (SSSR count). The van der Waals surface area contributed by atoms with E-state index in [9.17, 15) is 4.79 Å². The predicted molar refractivity (Wildman–Crippen MR) is 102 cm³/mol. The lowest BCUT2D eigenvalue weighted by molar-refractivity contribution is 0.202. The van der Waals surface area contributed by atoms with Crippen molar-refractivity contribution < 1.29 is 9.53 Å². The minimum absolute atomic E-state index is 0.0525. The van der Waals surface area contributed by atoms with Gasteiger partial charge in [0.2, 0.25) is 0 Å². The summed E-state index contributed by atoms with van der Waals surface area (Å²) in [6.45, 7) is 3.36. The first-order valence-corrected chi connectivity index (χ1v) is 8.85. The zero-order chi connectivity index (χ0) is 18.3. The fourth-order valence-electron chi connectivity index (χ4n) is 4.40. The Bertz CT molecular complexity index is 826. The molecule has 2 atom stereocenters. The summed E-state index contributed by atoms with van der Waals surface area (Å²) in [6.07, 6.45) is 0.906. The van der Waals surface area contributed by atoms with Crippen molar-refractivity contribution in [2.45, 2.75) is 24.9 Å². The number of amides is 1. The number of likely N-dealkylation sites (N-methyl/N-ethyl adjacent to an activating group) is 2. The Hall–Kier alpha value is -2.73. The normalized spacial score (nSPS) is 24.1. The number of para-hydroxylation sites is 1. The molecule has 6 heteroatoms. The van der Waals surface area contributed by atoms with E-state index in [1.165, 1.54) is 11.3 Å². The number of rotatable bonds is 3. The largest absolute Gasteiger partial charge is 0.431 e. The Labute approximate surface area is 153 Å². The van der Waals surface area contributed by atoms with E-state index in [1.54, 1.807) is 0 Å². The van der Waals surface area contributed by atoms with Crippen LogP contribution in [0.5, 0.6) is 5.75 Å². The molecule has 6 nitrogen and oxygen atoms in total. The van der Waals surface area contributed by atoms with Crippen LogP contribution in [0.4, 0.5) is 16.2 Å². The van der Waals surface area contributed by atoms with Crippen molar-refractivity contribution in [2.75, 3.05) is 31.0 Å². The summed E-state index contributed by atoms with van der Waals surface area (Å²) >= 11 is 0.